The highest BCUT2D eigenvalue weighted by Crippen LogP contribution is 2.33. The molecule has 0 aliphatic rings. The number of nitro groups is 1. The van der Waals surface area contributed by atoms with Gasteiger partial charge in [0.15, 0.2) is 0 Å². The summed E-state index contributed by atoms with van der Waals surface area (Å²) in [5.41, 5.74) is 0.409. The zero-order valence-corrected chi connectivity index (χ0v) is 17.2. The van der Waals surface area contributed by atoms with Gasteiger partial charge >= 0.3 is 0 Å². The monoisotopic (exact) mass is 436 g/mol. The van der Waals surface area contributed by atoms with Crippen molar-refractivity contribution in [2.75, 3.05) is 34.8 Å². The van der Waals surface area contributed by atoms with Crippen molar-refractivity contribution < 1.29 is 27.7 Å². The molecule has 0 aliphatic carbocycles. The highest BCUT2D eigenvalue weighted by atomic mass is 32.2. The number of non-ortho nitro benzene ring substituents is 1. The van der Waals surface area contributed by atoms with Crippen LogP contribution in [0.2, 0.25) is 0 Å². The summed E-state index contributed by atoms with van der Waals surface area (Å²) in [7, 11) is -2.70. The lowest BCUT2D eigenvalue weighted by atomic mass is 10.2. The molecule has 2 N–H and O–H groups in total. The van der Waals surface area contributed by atoms with Crippen molar-refractivity contribution in [3.63, 3.8) is 0 Å². The molecule has 0 radical (unpaired) electrons. The average Bonchev–Trinajstić information content (AvgIpc) is 2.66. The van der Waals surface area contributed by atoms with Crippen LogP contribution in [0.25, 0.3) is 0 Å². The Kier molecular flexibility index (Phi) is 6.95. The maximum Gasteiger partial charge on any atom is 0.271 e. The summed E-state index contributed by atoms with van der Waals surface area (Å²) in [4.78, 5) is 33.9. The number of hydrogen-bond donors (Lipinski definition) is 2. The van der Waals surface area contributed by atoms with Crippen LogP contribution >= 0.6 is 0 Å². The van der Waals surface area contributed by atoms with Crippen LogP contribution in [0.5, 0.6) is 5.75 Å². The Hall–Kier alpha value is -3.67. The summed E-state index contributed by atoms with van der Waals surface area (Å²) in [6, 6.07) is 9.63. The average molecular weight is 436 g/mol. The fraction of sp³-hybridized carbons (Fsp3) is 0.222. The topological polar surface area (TPSA) is 148 Å². The molecule has 11 nitrogen and oxygen atoms in total. The van der Waals surface area contributed by atoms with Crippen LogP contribution in [0.15, 0.2) is 42.5 Å². The van der Waals surface area contributed by atoms with Crippen molar-refractivity contribution in [1.29, 1.82) is 0 Å². The van der Waals surface area contributed by atoms with Gasteiger partial charge in [0.25, 0.3) is 5.69 Å². The van der Waals surface area contributed by atoms with Gasteiger partial charge in [0, 0.05) is 30.4 Å². The van der Waals surface area contributed by atoms with E-state index in [0.717, 1.165) is 16.6 Å². The number of ether oxygens (including phenoxy) is 1. The molecule has 0 saturated heterocycles. The van der Waals surface area contributed by atoms with Crippen LogP contribution in [0.4, 0.5) is 22.7 Å². The molecule has 12 heteroatoms. The van der Waals surface area contributed by atoms with E-state index in [4.69, 9.17) is 4.74 Å². The Morgan fingerprint density at radius 2 is 1.67 bits per heavy atom. The van der Waals surface area contributed by atoms with E-state index >= 15 is 0 Å². The van der Waals surface area contributed by atoms with E-state index in [-0.39, 0.29) is 23.0 Å². The molecule has 30 heavy (non-hydrogen) atoms. The number of methoxy groups -OCH3 is 1. The third-order valence-corrected chi connectivity index (χ3v) is 4.94. The molecule has 2 amide bonds. The molecule has 2 rings (SSSR count). The Bertz CT molecular complexity index is 1070. The summed E-state index contributed by atoms with van der Waals surface area (Å²) in [6.45, 7) is 0.724. The van der Waals surface area contributed by atoms with Crippen molar-refractivity contribution >= 4 is 44.6 Å². The van der Waals surface area contributed by atoms with Crippen LogP contribution < -0.4 is 19.7 Å². The molecule has 0 saturated carbocycles. The fourth-order valence-electron chi connectivity index (χ4n) is 2.54. The standard InChI is InChI=1S/C18H20N4O7S/c1-12(23)19-13-4-6-14(7-5-13)20-18(24)11-21(30(3,27)28)16-10-15(22(25)26)8-9-17(16)29-2/h4-10H,11H2,1-3H3,(H,19,23)(H,20,24). The molecule has 0 atom stereocenters. The van der Waals surface area contributed by atoms with Crippen molar-refractivity contribution in [2.24, 2.45) is 0 Å². The molecule has 0 heterocycles. The van der Waals surface area contributed by atoms with Crippen molar-refractivity contribution in [2.45, 2.75) is 6.92 Å². The van der Waals surface area contributed by atoms with E-state index in [0.29, 0.717) is 11.4 Å². The first-order valence-corrected chi connectivity index (χ1v) is 10.3. The first-order valence-electron chi connectivity index (χ1n) is 8.49. The van der Waals surface area contributed by atoms with Gasteiger partial charge in [-0.1, -0.05) is 0 Å². The highest BCUT2D eigenvalue weighted by molar-refractivity contribution is 7.92. The highest BCUT2D eigenvalue weighted by Gasteiger charge is 2.26. The number of nitrogens with one attached hydrogen (secondary N) is 2. The lowest BCUT2D eigenvalue weighted by molar-refractivity contribution is -0.384. The van der Waals surface area contributed by atoms with Gasteiger partial charge in [0.1, 0.15) is 18.0 Å². The SMILES string of the molecule is COc1ccc([N+](=O)[O-])cc1N(CC(=O)Nc1ccc(NC(C)=O)cc1)S(C)(=O)=O. The van der Waals surface area contributed by atoms with Crippen LogP contribution in [-0.2, 0) is 19.6 Å². The third-order valence-electron chi connectivity index (χ3n) is 3.82. The van der Waals surface area contributed by atoms with E-state index in [1.807, 2.05) is 0 Å². The lowest BCUT2D eigenvalue weighted by Gasteiger charge is -2.23. The van der Waals surface area contributed by atoms with Crippen molar-refractivity contribution in [3.8, 4) is 5.75 Å². The number of carbonyl (C=O) groups is 2. The van der Waals surface area contributed by atoms with Gasteiger partial charge in [-0.3, -0.25) is 24.0 Å². The van der Waals surface area contributed by atoms with E-state index in [9.17, 15) is 28.1 Å². The number of sulfonamides is 1. The predicted molar refractivity (Wildman–Crippen MR) is 111 cm³/mol. The Morgan fingerprint density at radius 3 is 2.13 bits per heavy atom. The van der Waals surface area contributed by atoms with Gasteiger partial charge in [-0.25, -0.2) is 8.42 Å². The number of nitro benzene ring substituents is 1. The van der Waals surface area contributed by atoms with Gasteiger partial charge < -0.3 is 15.4 Å². The minimum Gasteiger partial charge on any atom is -0.495 e. The number of hydrogen-bond acceptors (Lipinski definition) is 7. The van der Waals surface area contributed by atoms with Gasteiger partial charge in [0.05, 0.1) is 18.3 Å². The molecule has 2 aromatic rings. The molecule has 0 unspecified atom stereocenters. The zero-order chi connectivity index (χ0) is 22.5. The number of anilines is 3. The Morgan fingerprint density at radius 1 is 1.10 bits per heavy atom. The van der Waals surface area contributed by atoms with E-state index in [1.165, 1.54) is 38.3 Å². The van der Waals surface area contributed by atoms with Gasteiger partial charge in [-0.05, 0) is 30.3 Å². The van der Waals surface area contributed by atoms with E-state index in [1.54, 1.807) is 12.1 Å². The molecule has 160 valence electrons. The number of nitrogens with zero attached hydrogens (tertiary/aromatic N) is 2. The Balaban J connectivity index is 2.27. The normalized spacial score (nSPS) is 10.8. The molecule has 0 aromatic heterocycles. The van der Waals surface area contributed by atoms with Gasteiger partial charge in [-0.2, -0.15) is 0 Å². The van der Waals surface area contributed by atoms with Crippen molar-refractivity contribution in [3.05, 3.63) is 52.6 Å². The first kappa shape index (κ1) is 22.6. The summed E-state index contributed by atoms with van der Waals surface area (Å²) >= 11 is 0. The second kappa shape index (κ2) is 9.22. The van der Waals surface area contributed by atoms with Gasteiger partial charge in [0.2, 0.25) is 21.8 Å². The predicted octanol–water partition coefficient (Wildman–Crippen LogP) is 1.97. The fourth-order valence-corrected chi connectivity index (χ4v) is 3.39. The summed E-state index contributed by atoms with van der Waals surface area (Å²) in [6.07, 6.45) is 0.876. The summed E-state index contributed by atoms with van der Waals surface area (Å²) in [5.74, 6) is -0.874. The lowest BCUT2D eigenvalue weighted by Crippen LogP contribution is -2.37. The number of carbonyl (C=O) groups excluding carboxylic acids is 2. The number of amides is 2. The van der Waals surface area contributed by atoms with E-state index in [2.05, 4.69) is 10.6 Å². The molecular formula is C18H20N4O7S. The minimum atomic E-state index is -3.98. The first-order chi connectivity index (χ1) is 14.0. The molecule has 0 aliphatic heterocycles. The van der Waals surface area contributed by atoms with Crippen LogP contribution in [0, 0.1) is 10.1 Å². The third kappa shape index (κ3) is 5.91. The maximum atomic E-state index is 12.5. The number of rotatable bonds is 8. The molecule has 0 fully saturated rings. The van der Waals surface area contributed by atoms with Crippen molar-refractivity contribution in [1.82, 2.24) is 0 Å². The smallest absolute Gasteiger partial charge is 0.271 e. The van der Waals surface area contributed by atoms with E-state index < -0.39 is 27.4 Å². The van der Waals surface area contributed by atoms with Crippen LogP contribution in [0.1, 0.15) is 6.92 Å². The quantitative estimate of drug-likeness (QED) is 0.475. The Labute approximate surface area is 172 Å². The minimum absolute atomic E-state index is 0.0542. The summed E-state index contributed by atoms with van der Waals surface area (Å²) < 4.78 is 30.4. The second-order valence-electron chi connectivity index (χ2n) is 6.19. The second-order valence-corrected chi connectivity index (χ2v) is 8.10. The summed E-state index contributed by atoms with van der Waals surface area (Å²) in [5, 5.41) is 16.2. The van der Waals surface area contributed by atoms with Crippen LogP contribution in [0.3, 0.4) is 0 Å². The maximum absolute atomic E-state index is 12.5. The largest absolute Gasteiger partial charge is 0.495 e. The number of benzene rings is 2. The molecule has 0 spiro atoms. The van der Waals surface area contributed by atoms with Gasteiger partial charge in [-0.15, -0.1) is 0 Å². The molecular weight excluding hydrogens is 416 g/mol. The van der Waals surface area contributed by atoms with Crippen LogP contribution in [-0.4, -0.2) is 45.1 Å². The molecule has 2 aromatic carbocycles. The molecule has 0 bridgehead atoms. The zero-order valence-electron chi connectivity index (χ0n) is 16.4.